The van der Waals surface area contributed by atoms with Gasteiger partial charge in [-0.3, -0.25) is 4.79 Å². The van der Waals surface area contributed by atoms with Crippen LogP contribution in [0, 0.1) is 5.82 Å². The summed E-state index contributed by atoms with van der Waals surface area (Å²) in [7, 11) is 0. The van der Waals surface area contributed by atoms with Gasteiger partial charge in [0.05, 0.1) is 0 Å². The summed E-state index contributed by atoms with van der Waals surface area (Å²) in [5.74, 6) is -42.9. The summed E-state index contributed by atoms with van der Waals surface area (Å²) < 4.78 is 164. The van der Waals surface area contributed by atoms with Crippen molar-refractivity contribution in [2.24, 2.45) is 0 Å². The van der Waals surface area contributed by atoms with Crippen LogP contribution in [0.1, 0.15) is 5.56 Å². The summed E-state index contributed by atoms with van der Waals surface area (Å²) in [6.07, 6.45) is -0.831. The van der Waals surface area contributed by atoms with Gasteiger partial charge >= 0.3 is 35.3 Å². The maximum absolute atomic E-state index is 14.7. The number of fused-ring (bicyclic) bond motifs is 1. The number of hydrogen-bond acceptors (Lipinski definition) is 2. The molecule has 14 heteroatoms. The molecule has 2 nitrogen and oxygen atoms in total. The molecule has 33 heavy (non-hydrogen) atoms. The second kappa shape index (κ2) is 6.79. The summed E-state index contributed by atoms with van der Waals surface area (Å²) >= 11 is 0. The van der Waals surface area contributed by atoms with E-state index in [1.54, 1.807) is 0 Å². The molecule has 0 bridgehead atoms. The Balaban J connectivity index is 2.16. The van der Waals surface area contributed by atoms with E-state index in [1.165, 1.54) is 0 Å². The van der Waals surface area contributed by atoms with Crippen LogP contribution in [0.5, 0.6) is 0 Å². The van der Waals surface area contributed by atoms with Crippen LogP contribution < -0.4 is 0 Å². The molecule has 2 aromatic carbocycles. The highest BCUT2D eigenvalue weighted by Crippen LogP contribution is 2.69. The van der Waals surface area contributed by atoms with Gasteiger partial charge < -0.3 is 5.11 Å². The Morgan fingerprint density at radius 1 is 0.667 bits per heavy atom. The standard InChI is InChI=1S/C19H8F12O2/c20-11-4-3-8-5-10(2-1-9(8)6-11)12(32)7-13(33)14(21)15(22,23)17(26,27)19(30,31)18(28,29)16(14,24)25/h1-7,32H/b12-7-. The van der Waals surface area contributed by atoms with Crippen molar-refractivity contribution in [3.8, 4) is 0 Å². The van der Waals surface area contributed by atoms with Gasteiger partial charge in [-0.2, -0.15) is 43.9 Å². The molecule has 0 saturated heterocycles. The van der Waals surface area contributed by atoms with Gasteiger partial charge in [0.15, 0.2) is 0 Å². The van der Waals surface area contributed by atoms with E-state index >= 15 is 0 Å². The molecule has 0 atom stereocenters. The van der Waals surface area contributed by atoms with Crippen molar-refractivity contribution < 1.29 is 62.6 Å². The van der Waals surface area contributed by atoms with Crippen molar-refractivity contribution in [2.75, 3.05) is 0 Å². The van der Waals surface area contributed by atoms with E-state index in [2.05, 4.69) is 0 Å². The van der Waals surface area contributed by atoms with Gasteiger partial charge in [-0.05, 0) is 29.0 Å². The fourth-order valence-corrected chi connectivity index (χ4v) is 3.21. The SMILES string of the molecule is O=C(/C=C(\O)c1ccc2cc(F)ccc2c1)C1(F)C(F)(F)C(F)(F)C(F)(F)C(F)(F)C1(F)F. The van der Waals surface area contributed by atoms with Gasteiger partial charge in [-0.15, -0.1) is 0 Å². The zero-order valence-electron chi connectivity index (χ0n) is 15.4. The van der Waals surface area contributed by atoms with E-state index in [4.69, 9.17) is 0 Å². The molecule has 1 saturated carbocycles. The highest BCUT2D eigenvalue weighted by atomic mass is 19.4. The van der Waals surface area contributed by atoms with Crippen LogP contribution in [0.25, 0.3) is 16.5 Å². The largest absolute Gasteiger partial charge is 0.507 e. The Morgan fingerprint density at radius 2 is 1.09 bits per heavy atom. The van der Waals surface area contributed by atoms with Crippen LogP contribution in [0.15, 0.2) is 42.5 Å². The number of carbonyl (C=O) groups is 1. The molecular weight excluding hydrogens is 488 g/mol. The Kier molecular flexibility index (Phi) is 5.09. The molecule has 1 fully saturated rings. The van der Waals surface area contributed by atoms with Crippen molar-refractivity contribution in [3.05, 3.63) is 53.9 Å². The summed E-state index contributed by atoms with van der Waals surface area (Å²) in [6.45, 7) is 0. The second-order valence-corrected chi connectivity index (χ2v) is 7.13. The van der Waals surface area contributed by atoms with Gasteiger partial charge in [-0.25, -0.2) is 8.78 Å². The molecule has 180 valence electrons. The lowest BCUT2D eigenvalue weighted by atomic mass is 9.70. The summed E-state index contributed by atoms with van der Waals surface area (Å²) in [5, 5.41) is 10.1. The van der Waals surface area contributed by atoms with Crippen LogP contribution in [0.3, 0.4) is 0 Å². The highest BCUT2D eigenvalue weighted by Gasteiger charge is 3.02. The Bertz CT molecular complexity index is 1140. The normalized spacial score (nSPS) is 24.4. The lowest BCUT2D eigenvalue weighted by Gasteiger charge is -2.51. The number of carbonyl (C=O) groups excluding carboxylic acids is 1. The number of aliphatic hydroxyl groups excluding tert-OH is 1. The van der Waals surface area contributed by atoms with E-state index < -0.39 is 64.3 Å². The van der Waals surface area contributed by atoms with E-state index in [9.17, 15) is 62.6 Å². The molecule has 1 N–H and O–H groups in total. The van der Waals surface area contributed by atoms with Crippen LogP contribution >= 0.6 is 0 Å². The molecular formula is C19H8F12O2. The molecule has 0 unspecified atom stereocenters. The zero-order chi connectivity index (χ0) is 25.4. The Hall–Kier alpha value is -2.93. The quantitative estimate of drug-likeness (QED) is 0.306. The summed E-state index contributed by atoms with van der Waals surface area (Å²) in [5.41, 5.74) is -7.51. The minimum absolute atomic E-state index is 0.0855. The summed E-state index contributed by atoms with van der Waals surface area (Å²) in [4.78, 5) is 11.9. The van der Waals surface area contributed by atoms with E-state index in [1.807, 2.05) is 0 Å². The first kappa shape index (κ1) is 24.7. The number of halogens is 12. The average molecular weight is 496 g/mol. The monoisotopic (exact) mass is 496 g/mol. The van der Waals surface area contributed by atoms with E-state index in [0.717, 1.165) is 36.4 Å². The molecule has 0 spiro atoms. The number of hydrogen-bond donors (Lipinski definition) is 1. The Morgan fingerprint density at radius 3 is 1.61 bits per heavy atom. The minimum atomic E-state index is -7.46. The van der Waals surface area contributed by atoms with Crippen LogP contribution in [0.2, 0.25) is 0 Å². The number of aliphatic hydroxyl groups is 1. The fourth-order valence-electron chi connectivity index (χ4n) is 3.21. The van der Waals surface area contributed by atoms with Gasteiger partial charge in [-0.1, -0.05) is 18.2 Å². The van der Waals surface area contributed by atoms with Gasteiger partial charge in [0.25, 0.3) is 0 Å². The highest BCUT2D eigenvalue weighted by molar-refractivity contribution is 6.04. The third-order valence-electron chi connectivity index (χ3n) is 5.15. The fraction of sp³-hybridized carbons (Fsp3) is 0.316. The number of benzene rings is 2. The van der Waals surface area contributed by atoms with Crippen LogP contribution in [0.4, 0.5) is 52.7 Å². The van der Waals surface area contributed by atoms with Crippen LogP contribution in [-0.4, -0.2) is 46.2 Å². The maximum atomic E-state index is 14.7. The molecule has 1 aliphatic carbocycles. The third kappa shape index (κ3) is 2.81. The van der Waals surface area contributed by atoms with E-state index in [0.29, 0.717) is 0 Å². The Labute approximate surface area is 175 Å². The molecule has 0 heterocycles. The molecule has 1 aliphatic rings. The van der Waals surface area contributed by atoms with E-state index in [-0.39, 0.29) is 10.8 Å². The molecule has 0 amide bonds. The van der Waals surface area contributed by atoms with Gasteiger partial charge in [0.1, 0.15) is 11.6 Å². The van der Waals surface area contributed by atoms with Gasteiger partial charge in [0, 0.05) is 11.6 Å². The first-order valence-corrected chi connectivity index (χ1v) is 8.50. The topological polar surface area (TPSA) is 37.3 Å². The zero-order valence-corrected chi connectivity index (χ0v) is 15.4. The van der Waals surface area contributed by atoms with Crippen molar-refractivity contribution >= 4 is 22.3 Å². The number of allylic oxidation sites excluding steroid dienone is 1. The maximum Gasteiger partial charge on any atom is 0.384 e. The predicted octanol–water partition coefficient (Wildman–Crippen LogP) is 6.35. The molecule has 0 aliphatic heterocycles. The average Bonchev–Trinajstić information content (AvgIpc) is 2.70. The molecule has 3 rings (SSSR count). The number of ketones is 1. The lowest BCUT2D eigenvalue weighted by molar-refractivity contribution is -0.475. The van der Waals surface area contributed by atoms with Crippen molar-refractivity contribution in [1.29, 1.82) is 0 Å². The second-order valence-electron chi connectivity index (χ2n) is 7.13. The van der Waals surface area contributed by atoms with Crippen molar-refractivity contribution in [1.82, 2.24) is 0 Å². The van der Waals surface area contributed by atoms with Crippen molar-refractivity contribution in [3.63, 3.8) is 0 Å². The predicted molar refractivity (Wildman–Crippen MR) is 88.1 cm³/mol. The van der Waals surface area contributed by atoms with Crippen LogP contribution in [-0.2, 0) is 4.79 Å². The first-order chi connectivity index (χ1) is 14.8. The van der Waals surface area contributed by atoms with Gasteiger partial charge in [0.2, 0.25) is 5.78 Å². The smallest absolute Gasteiger partial charge is 0.384 e. The first-order valence-electron chi connectivity index (χ1n) is 8.50. The third-order valence-corrected chi connectivity index (χ3v) is 5.15. The molecule has 2 aromatic rings. The number of alkyl halides is 11. The van der Waals surface area contributed by atoms with Crippen molar-refractivity contribution in [2.45, 2.75) is 35.3 Å². The lowest BCUT2D eigenvalue weighted by Crippen LogP contribution is -2.85. The number of rotatable bonds is 3. The molecule has 0 radical (unpaired) electrons. The molecule has 0 aromatic heterocycles. The minimum Gasteiger partial charge on any atom is -0.507 e. The summed E-state index contributed by atoms with van der Waals surface area (Å²) in [6, 6.07) is 5.71.